The number of carboxylic acids is 1. The van der Waals surface area contributed by atoms with Crippen molar-refractivity contribution in [3.8, 4) is 11.5 Å². The topological polar surface area (TPSA) is 76.1 Å². The van der Waals surface area contributed by atoms with Crippen LogP contribution in [0.5, 0.6) is 11.5 Å². The van der Waals surface area contributed by atoms with Gasteiger partial charge in [-0.05, 0) is 41.7 Å². The van der Waals surface area contributed by atoms with Gasteiger partial charge in [0.25, 0.3) is 0 Å². The van der Waals surface area contributed by atoms with Crippen LogP contribution in [0.2, 0.25) is 0 Å². The van der Waals surface area contributed by atoms with Crippen LogP contribution in [0, 0.1) is 5.92 Å². The number of rotatable bonds is 6. The third-order valence-electron chi connectivity index (χ3n) is 5.21. The van der Waals surface area contributed by atoms with Crippen molar-refractivity contribution in [1.82, 2.24) is 4.90 Å². The second kappa shape index (κ2) is 8.33. The number of hydrogen-bond donors (Lipinski definition) is 1. The Bertz CT molecular complexity index is 879. The molecule has 2 atom stereocenters. The molecule has 1 aliphatic rings. The third kappa shape index (κ3) is 3.81. The zero-order chi connectivity index (χ0) is 20.3. The first-order chi connectivity index (χ1) is 13.5. The smallest absolute Gasteiger partial charge is 0.331 e. The molecule has 1 heterocycles. The van der Waals surface area contributed by atoms with Crippen LogP contribution in [-0.4, -0.2) is 42.6 Å². The predicted octanol–water partition coefficient (Wildman–Crippen LogP) is 3.09. The third-order valence-corrected chi connectivity index (χ3v) is 5.21. The van der Waals surface area contributed by atoms with Gasteiger partial charge < -0.3 is 19.5 Å². The fraction of sp³-hybridized carbons (Fsp3) is 0.364. The first-order valence-electron chi connectivity index (χ1n) is 9.28. The van der Waals surface area contributed by atoms with Crippen LogP contribution in [0.3, 0.4) is 0 Å². The number of nitrogens with zero attached hydrogens (tertiary/aromatic N) is 1. The summed E-state index contributed by atoms with van der Waals surface area (Å²) in [5, 5.41) is 9.78. The Morgan fingerprint density at radius 1 is 1.14 bits per heavy atom. The number of aliphatic carboxylic acids is 1. The minimum Gasteiger partial charge on any atom is -0.493 e. The van der Waals surface area contributed by atoms with E-state index in [0.29, 0.717) is 36.4 Å². The van der Waals surface area contributed by atoms with Crippen molar-refractivity contribution >= 4 is 11.9 Å². The van der Waals surface area contributed by atoms with Crippen molar-refractivity contribution in [3.63, 3.8) is 0 Å². The van der Waals surface area contributed by atoms with Crippen LogP contribution in [0.15, 0.2) is 42.5 Å². The highest BCUT2D eigenvalue weighted by Crippen LogP contribution is 2.32. The molecule has 0 bridgehead atoms. The van der Waals surface area contributed by atoms with Gasteiger partial charge in [-0.15, -0.1) is 0 Å². The summed E-state index contributed by atoms with van der Waals surface area (Å²) < 4.78 is 10.6. The normalized spacial score (nSPS) is 16.8. The van der Waals surface area contributed by atoms with Crippen LogP contribution in [0.25, 0.3) is 0 Å². The Labute approximate surface area is 164 Å². The summed E-state index contributed by atoms with van der Waals surface area (Å²) in [4.78, 5) is 26.6. The van der Waals surface area contributed by atoms with E-state index in [0.717, 1.165) is 11.1 Å². The van der Waals surface area contributed by atoms with Crippen LogP contribution in [0.1, 0.15) is 29.7 Å². The van der Waals surface area contributed by atoms with Crippen LogP contribution < -0.4 is 9.47 Å². The summed E-state index contributed by atoms with van der Waals surface area (Å²) in [6.07, 6.45) is 1.15. The van der Waals surface area contributed by atoms with Gasteiger partial charge in [-0.25, -0.2) is 4.79 Å². The van der Waals surface area contributed by atoms with E-state index in [1.54, 1.807) is 20.3 Å². The Balaban J connectivity index is 1.80. The Hall–Kier alpha value is -3.02. The van der Waals surface area contributed by atoms with Crippen LogP contribution in [-0.2, 0) is 22.4 Å². The summed E-state index contributed by atoms with van der Waals surface area (Å²) in [6.45, 7) is 2.24. The monoisotopic (exact) mass is 383 g/mol. The molecule has 6 heteroatoms. The molecule has 0 aromatic heterocycles. The van der Waals surface area contributed by atoms with Gasteiger partial charge in [0.1, 0.15) is 0 Å². The fourth-order valence-electron chi connectivity index (χ4n) is 3.80. The number of ether oxygens (including phenoxy) is 2. The van der Waals surface area contributed by atoms with Gasteiger partial charge in [0, 0.05) is 12.5 Å². The second-order valence-electron chi connectivity index (χ2n) is 7.02. The highest BCUT2D eigenvalue weighted by atomic mass is 16.5. The maximum Gasteiger partial charge on any atom is 0.331 e. The minimum absolute atomic E-state index is 0.156. The molecule has 0 fully saturated rings. The number of methoxy groups -OCH3 is 2. The molecule has 2 aromatic rings. The average Bonchev–Trinajstić information content (AvgIpc) is 2.71. The van der Waals surface area contributed by atoms with Gasteiger partial charge >= 0.3 is 5.97 Å². The van der Waals surface area contributed by atoms with E-state index >= 15 is 0 Å². The van der Waals surface area contributed by atoms with Crippen LogP contribution >= 0.6 is 0 Å². The zero-order valence-corrected chi connectivity index (χ0v) is 16.3. The van der Waals surface area contributed by atoms with E-state index in [9.17, 15) is 14.7 Å². The molecule has 1 N–H and O–H groups in total. The van der Waals surface area contributed by atoms with E-state index in [4.69, 9.17) is 9.47 Å². The second-order valence-corrected chi connectivity index (χ2v) is 7.02. The van der Waals surface area contributed by atoms with Gasteiger partial charge in [0.2, 0.25) is 5.91 Å². The lowest BCUT2D eigenvalue weighted by Crippen LogP contribution is -2.46. The summed E-state index contributed by atoms with van der Waals surface area (Å²) in [6, 6.07) is 12.1. The van der Waals surface area contributed by atoms with Crippen molar-refractivity contribution in [1.29, 1.82) is 0 Å². The maximum atomic E-state index is 13.1. The average molecular weight is 383 g/mol. The number of benzene rings is 2. The highest BCUT2D eigenvalue weighted by molar-refractivity contribution is 5.86. The molecule has 0 radical (unpaired) electrons. The van der Waals surface area contributed by atoms with Gasteiger partial charge in [-0.2, -0.15) is 0 Å². The van der Waals surface area contributed by atoms with Crippen molar-refractivity contribution in [2.24, 2.45) is 5.92 Å². The molecule has 0 saturated heterocycles. The predicted molar refractivity (Wildman–Crippen MR) is 105 cm³/mol. The summed E-state index contributed by atoms with van der Waals surface area (Å²) in [5.41, 5.74) is 2.63. The van der Waals surface area contributed by atoms with Crippen molar-refractivity contribution in [3.05, 3.63) is 59.2 Å². The minimum atomic E-state index is -1.00. The SMILES string of the molecule is COc1ccc(CC(C)C(=O)N2CCc3ccccc3C2C(=O)O)cc1OC. The lowest BCUT2D eigenvalue weighted by atomic mass is 9.90. The van der Waals surface area contributed by atoms with Gasteiger partial charge in [0.15, 0.2) is 17.5 Å². The molecule has 0 spiro atoms. The molecule has 6 nitrogen and oxygen atoms in total. The molecule has 2 aromatic carbocycles. The number of amides is 1. The van der Waals surface area contributed by atoms with E-state index in [2.05, 4.69) is 0 Å². The number of hydrogen-bond acceptors (Lipinski definition) is 4. The van der Waals surface area contributed by atoms with E-state index in [1.807, 2.05) is 43.3 Å². The standard InChI is InChI=1S/C22H25NO5/c1-14(12-15-8-9-18(27-2)19(13-15)28-3)21(24)23-11-10-16-6-4-5-7-17(16)20(23)22(25)26/h4-9,13-14,20H,10-12H2,1-3H3,(H,25,26). The lowest BCUT2D eigenvalue weighted by Gasteiger charge is -2.36. The van der Waals surface area contributed by atoms with Gasteiger partial charge in [0.05, 0.1) is 14.2 Å². The molecule has 1 aliphatic heterocycles. The molecular formula is C22H25NO5. The van der Waals surface area contributed by atoms with Gasteiger partial charge in [-0.3, -0.25) is 4.79 Å². The first kappa shape index (κ1) is 19.7. The zero-order valence-electron chi connectivity index (χ0n) is 16.3. The van der Waals surface area contributed by atoms with Crippen molar-refractivity contribution < 1.29 is 24.2 Å². The maximum absolute atomic E-state index is 13.1. The van der Waals surface area contributed by atoms with Crippen molar-refractivity contribution in [2.75, 3.05) is 20.8 Å². The Kier molecular flexibility index (Phi) is 5.87. The van der Waals surface area contributed by atoms with Crippen LogP contribution in [0.4, 0.5) is 0 Å². The fourth-order valence-corrected chi connectivity index (χ4v) is 3.80. The Morgan fingerprint density at radius 2 is 1.86 bits per heavy atom. The van der Waals surface area contributed by atoms with E-state index in [-0.39, 0.29) is 11.8 Å². The lowest BCUT2D eigenvalue weighted by molar-refractivity contribution is -0.152. The molecule has 0 saturated carbocycles. The molecule has 3 rings (SSSR count). The number of carboxylic acid groups (broad SMARTS) is 1. The number of fused-ring (bicyclic) bond motifs is 1. The molecule has 148 valence electrons. The first-order valence-corrected chi connectivity index (χ1v) is 9.28. The molecule has 1 amide bonds. The summed E-state index contributed by atoms with van der Waals surface area (Å²) >= 11 is 0. The van der Waals surface area contributed by atoms with Gasteiger partial charge in [-0.1, -0.05) is 37.3 Å². The Morgan fingerprint density at radius 3 is 2.54 bits per heavy atom. The largest absolute Gasteiger partial charge is 0.493 e. The number of carbonyl (C=O) groups excluding carboxylic acids is 1. The summed E-state index contributed by atoms with van der Waals surface area (Å²) in [5.74, 6) is -0.278. The van der Waals surface area contributed by atoms with E-state index < -0.39 is 12.0 Å². The summed E-state index contributed by atoms with van der Waals surface area (Å²) in [7, 11) is 3.14. The molecule has 0 aliphatic carbocycles. The molecule has 2 unspecified atom stereocenters. The van der Waals surface area contributed by atoms with E-state index in [1.165, 1.54) is 4.90 Å². The highest BCUT2D eigenvalue weighted by Gasteiger charge is 2.37. The molecule has 28 heavy (non-hydrogen) atoms. The van der Waals surface area contributed by atoms with Crippen molar-refractivity contribution in [2.45, 2.75) is 25.8 Å². The quantitative estimate of drug-likeness (QED) is 0.830. The number of carbonyl (C=O) groups is 2. The molecular weight excluding hydrogens is 358 g/mol.